The largest absolute Gasteiger partial charge is 0.462 e. The Bertz CT molecular complexity index is 949. The first-order valence-corrected chi connectivity index (χ1v) is 9.20. The van der Waals surface area contributed by atoms with Crippen LogP contribution in [-0.2, 0) is 16.0 Å². The van der Waals surface area contributed by atoms with E-state index in [1.807, 2.05) is 6.07 Å². The second kappa shape index (κ2) is 9.54. The Labute approximate surface area is 160 Å². The van der Waals surface area contributed by atoms with E-state index in [1.165, 1.54) is 6.07 Å². The molecular formula is C18H18N4O4S. The van der Waals surface area contributed by atoms with E-state index in [4.69, 9.17) is 10.00 Å². The molecule has 9 heteroatoms. The number of aromatic amines is 1. The first-order valence-electron chi connectivity index (χ1n) is 8.21. The molecule has 0 saturated heterocycles. The first-order chi connectivity index (χ1) is 13.0. The van der Waals surface area contributed by atoms with Crippen LogP contribution in [-0.4, -0.2) is 34.2 Å². The van der Waals surface area contributed by atoms with Crippen molar-refractivity contribution in [1.82, 2.24) is 9.97 Å². The van der Waals surface area contributed by atoms with Crippen molar-refractivity contribution in [3.63, 3.8) is 0 Å². The predicted octanol–water partition coefficient (Wildman–Crippen LogP) is 2.11. The van der Waals surface area contributed by atoms with E-state index in [2.05, 4.69) is 15.3 Å². The van der Waals surface area contributed by atoms with E-state index in [-0.39, 0.29) is 29.0 Å². The lowest BCUT2D eigenvalue weighted by molar-refractivity contribution is -0.113. The number of carbonyl (C=O) groups excluding carboxylic acids is 2. The predicted molar refractivity (Wildman–Crippen MR) is 101 cm³/mol. The molecule has 0 atom stereocenters. The molecule has 0 spiro atoms. The van der Waals surface area contributed by atoms with Crippen molar-refractivity contribution in [2.24, 2.45) is 0 Å². The highest BCUT2D eigenvalue weighted by Crippen LogP contribution is 2.16. The molecule has 1 aromatic heterocycles. The van der Waals surface area contributed by atoms with Gasteiger partial charge in [-0.3, -0.25) is 9.59 Å². The van der Waals surface area contributed by atoms with Gasteiger partial charge in [0, 0.05) is 5.69 Å². The number of H-pyrrole nitrogens is 1. The summed E-state index contributed by atoms with van der Waals surface area (Å²) in [6.45, 7) is 3.77. The number of aryl methyl sites for hydroxylation is 1. The second-order valence-corrected chi connectivity index (χ2v) is 6.26. The van der Waals surface area contributed by atoms with Crippen molar-refractivity contribution < 1.29 is 14.3 Å². The molecular weight excluding hydrogens is 368 g/mol. The van der Waals surface area contributed by atoms with Crippen LogP contribution in [0.3, 0.4) is 0 Å². The van der Waals surface area contributed by atoms with E-state index in [0.717, 1.165) is 11.8 Å². The van der Waals surface area contributed by atoms with Crippen molar-refractivity contribution in [2.45, 2.75) is 25.4 Å². The molecule has 0 saturated carbocycles. The maximum atomic E-state index is 12.1. The molecule has 8 nitrogen and oxygen atoms in total. The normalized spacial score (nSPS) is 10.1. The molecule has 1 aromatic carbocycles. The number of hydrogen-bond donors (Lipinski definition) is 2. The zero-order chi connectivity index (χ0) is 19.8. The van der Waals surface area contributed by atoms with Crippen LogP contribution in [0.2, 0.25) is 0 Å². The lowest BCUT2D eigenvalue weighted by Crippen LogP contribution is -2.18. The molecule has 0 fully saturated rings. The van der Waals surface area contributed by atoms with Crippen LogP contribution < -0.4 is 10.9 Å². The smallest absolute Gasteiger partial charge is 0.338 e. The van der Waals surface area contributed by atoms with Crippen molar-refractivity contribution in [3.8, 4) is 6.07 Å². The summed E-state index contributed by atoms with van der Waals surface area (Å²) in [6.07, 6.45) is 0.438. The molecule has 0 aliphatic carbocycles. The van der Waals surface area contributed by atoms with Gasteiger partial charge >= 0.3 is 5.97 Å². The molecule has 0 aliphatic rings. The van der Waals surface area contributed by atoms with Crippen LogP contribution >= 0.6 is 11.8 Å². The number of carbonyl (C=O) groups is 2. The van der Waals surface area contributed by atoms with Gasteiger partial charge < -0.3 is 15.0 Å². The number of benzene rings is 1. The summed E-state index contributed by atoms with van der Waals surface area (Å²) < 4.78 is 4.92. The summed E-state index contributed by atoms with van der Waals surface area (Å²) in [5.41, 5.74) is 0.664. The highest BCUT2D eigenvalue weighted by Gasteiger charge is 2.12. The highest BCUT2D eigenvalue weighted by atomic mass is 32.2. The number of anilines is 1. The molecule has 0 bridgehead atoms. The zero-order valence-corrected chi connectivity index (χ0v) is 15.7. The SMILES string of the molecule is CCOC(=O)c1cccc(NC(=O)CSc2nc(CC)c(C#N)c(=O)[nH]2)c1. The fourth-order valence-electron chi connectivity index (χ4n) is 2.21. The van der Waals surface area contributed by atoms with Crippen LogP contribution in [0.15, 0.2) is 34.2 Å². The number of nitrogens with one attached hydrogen (secondary N) is 2. The molecule has 1 amide bonds. The molecule has 0 aliphatic heterocycles. The van der Waals surface area contributed by atoms with Gasteiger partial charge in [0.2, 0.25) is 5.91 Å². The molecule has 2 aromatic rings. The standard InChI is InChI=1S/C18H18N4O4S/c1-3-14-13(9-19)16(24)22-18(21-14)27-10-15(23)20-12-7-5-6-11(8-12)17(25)26-4-2/h5-8H,3-4,10H2,1-2H3,(H,20,23)(H,21,22,24). The number of hydrogen-bond acceptors (Lipinski definition) is 7. The Morgan fingerprint density at radius 1 is 1.37 bits per heavy atom. The first kappa shape index (κ1) is 20.2. The van der Waals surface area contributed by atoms with Gasteiger partial charge in [-0.1, -0.05) is 24.8 Å². The number of nitriles is 1. The van der Waals surface area contributed by atoms with Crippen LogP contribution in [0.5, 0.6) is 0 Å². The highest BCUT2D eigenvalue weighted by molar-refractivity contribution is 7.99. The van der Waals surface area contributed by atoms with Gasteiger partial charge in [0.25, 0.3) is 5.56 Å². The van der Waals surface area contributed by atoms with Gasteiger partial charge in [-0.25, -0.2) is 9.78 Å². The Hall–Kier alpha value is -3.12. The average molecular weight is 386 g/mol. The summed E-state index contributed by atoms with van der Waals surface area (Å²) >= 11 is 1.05. The molecule has 27 heavy (non-hydrogen) atoms. The molecule has 0 unspecified atom stereocenters. The monoisotopic (exact) mass is 386 g/mol. The number of aromatic nitrogens is 2. The van der Waals surface area contributed by atoms with Gasteiger partial charge in [0.15, 0.2) is 5.16 Å². The van der Waals surface area contributed by atoms with Crippen LogP contribution in [0, 0.1) is 11.3 Å². The van der Waals surface area contributed by atoms with E-state index < -0.39 is 11.5 Å². The Balaban J connectivity index is 2.02. The summed E-state index contributed by atoms with van der Waals surface area (Å²) in [4.78, 5) is 42.4. The third kappa shape index (κ3) is 5.43. The zero-order valence-electron chi connectivity index (χ0n) is 14.9. The Kier molecular flexibility index (Phi) is 7.14. The fourth-order valence-corrected chi connectivity index (χ4v) is 2.89. The summed E-state index contributed by atoms with van der Waals surface area (Å²) in [5, 5.41) is 11.9. The molecule has 1 heterocycles. The van der Waals surface area contributed by atoms with Gasteiger partial charge in [0.05, 0.1) is 23.6 Å². The minimum Gasteiger partial charge on any atom is -0.462 e. The molecule has 140 valence electrons. The van der Waals surface area contributed by atoms with Gasteiger partial charge in [-0.05, 0) is 31.5 Å². The summed E-state index contributed by atoms with van der Waals surface area (Å²) in [5.74, 6) is -0.790. The van der Waals surface area contributed by atoms with Gasteiger partial charge in [0.1, 0.15) is 11.6 Å². The van der Waals surface area contributed by atoms with E-state index in [0.29, 0.717) is 23.4 Å². The quantitative estimate of drug-likeness (QED) is 0.424. The fraction of sp³-hybridized carbons (Fsp3) is 0.278. The van der Waals surface area contributed by atoms with E-state index >= 15 is 0 Å². The second-order valence-electron chi connectivity index (χ2n) is 5.30. The van der Waals surface area contributed by atoms with Crippen LogP contribution in [0.1, 0.15) is 35.5 Å². The summed E-state index contributed by atoms with van der Waals surface area (Å²) in [6, 6.07) is 8.25. The number of nitrogens with zero attached hydrogens (tertiary/aromatic N) is 2. The minimum absolute atomic E-state index is 0.00162. The third-order valence-electron chi connectivity index (χ3n) is 3.42. The maximum Gasteiger partial charge on any atom is 0.338 e. The van der Waals surface area contributed by atoms with Crippen molar-refractivity contribution >= 4 is 29.3 Å². The van der Waals surface area contributed by atoms with Crippen LogP contribution in [0.25, 0.3) is 0 Å². The molecule has 0 radical (unpaired) electrons. The van der Waals surface area contributed by atoms with Crippen LogP contribution in [0.4, 0.5) is 5.69 Å². The Morgan fingerprint density at radius 3 is 2.81 bits per heavy atom. The minimum atomic E-state index is -0.519. The molecule has 2 N–H and O–H groups in total. The molecule has 2 rings (SSSR count). The number of esters is 1. The third-order valence-corrected chi connectivity index (χ3v) is 4.29. The topological polar surface area (TPSA) is 125 Å². The maximum absolute atomic E-state index is 12.1. The average Bonchev–Trinajstić information content (AvgIpc) is 2.66. The van der Waals surface area contributed by atoms with Crippen molar-refractivity contribution in [1.29, 1.82) is 5.26 Å². The van der Waals surface area contributed by atoms with Crippen molar-refractivity contribution in [3.05, 3.63) is 51.4 Å². The van der Waals surface area contributed by atoms with E-state index in [1.54, 1.807) is 32.0 Å². The van der Waals surface area contributed by atoms with E-state index in [9.17, 15) is 14.4 Å². The number of rotatable bonds is 7. The number of ether oxygens (including phenoxy) is 1. The number of thioether (sulfide) groups is 1. The lowest BCUT2D eigenvalue weighted by Gasteiger charge is -2.08. The summed E-state index contributed by atoms with van der Waals surface area (Å²) in [7, 11) is 0. The van der Waals surface area contributed by atoms with Crippen molar-refractivity contribution in [2.75, 3.05) is 17.7 Å². The number of amides is 1. The van der Waals surface area contributed by atoms with Gasteiger partial charge in [-0.15, -0.1) is 0 Å². The lowest BCUT2D eigenvalue weighted by atomic mass is 10.2. The Morgan fingerprint density at radius 2 is 2.15 bits per heavy atom. The van der Waals surface area contributed by atoms with Gasteiger partial charge in [-0.2, -0.15) is 5.26 Å².